The second-order valence-electron chi connectivity index (χ2n) is 4.13. The van der Waals surface area contributed by atoms with Crippen LogP contribution in [0.2, 0.25) is 0 Å². The summed E-state index contributed by atoms with van der Waals surface area (Å²) in [6.45, 7) is -0.188. The summed E-state index contributed by atoms with van der Waals surface area (Å²) < 4.78 is 13.2. The Kier molecular flexibility index (Phi) is 3.76. The molecular formula is C12H14FN3O2. The number of amides is 3. The number of hydrogen-bond donors (Lipinski definition) is 3. The normalized spacial score (nSPS) is 13.8. The summed E-state index contributed by atoms with van der Waals surface area (Å²) in [7, 11) is 0. The molecule has 1 aromatic carbocycles. The van der Waals surface area contributed by atoms with Crippen molar-refractivity contribution < 1.29 is 14.0 Å². The zero-order valence-electron chi connectivity index (χ0n) is 9.70. The van der Waals surface area contributed by atoms with Gasteiger partial charge in [-0.1, -0.05) is 12.1 Å². The molecule has 1 saturated carbocycles. The van der Waals surface area contributed by atoms with E-state index < -0.39 is 11.7 Å². The lowest BCUT2D eigenvalue weighted by Gasteiger charge is -2.08. The number of hydrogen-bond acceptors (Lipinski definition) is 2. The fraction of sp³-hybridized carbons (Fsp3) is 0.333. The van der Waals surface area contributed by atoms with Crippen molar-refractivity contribution in [1.29, 1.82) is 0 Å². The first-order valence-corrected chi connectivity index (χ1v) is 5.74. The molecule has 0 atom stereocenters. The lowest BCUT2D eigenvalue weighted by atomic mass is 10.3. The Morgan fingerprint density at radius 3 is 2.67 bits per heavy atom. The van der Waals surface area contributed by atoms with E-state index >= 15 is 0 Å². The zero-order chi connectivity index (χ0) is 13.0. The molecule has 2 rings (SSSR count). The molecule has 1 aliphatic carbocycles. The molecule has 3 N–H and O–H groups in total. The number of benzene rings is 1. The standard InChI is InChI=1S/C12H14FN3O2/c13-9-3-1-2-4-10(9)16-11(17)7-14-12(18)15-8-5-6-8/h1-4,8H,5-7H2,(H,16,17)(H2,14,15,18). The van der Waals surface area contributed by atoms with Gasteiger partial charge in [0, 0.05) is 6.04 Å². The molecule has 0 aromatic heterocycles. The number of halogens is 1. The number of carbonyl (C=O) groups is 2. The Balaban J connectivity index is 1.74. The van der Waals surface area contributed by atoms with Gasteiger partial charge in [0.1, 0.15) is 5.82 Å². The Labute approximate surface area is 104 Å². The number of nitrogens with one attached hydrogen (secondary N) is 3. The summed E-state index contributed by atoms with van der Waals surface area (Å²) >= 11 is 0. The lowest BCUT2D eigenvalue weighted by molar-refractivity contribution is -0.115. The van der Waals surface area contributed by atoms with Gasteiger partial charge in [0.25, 0.3) is 0 Å². The molecule has 96 valence electrons. The van der Waals surface area contributed by atoms with E-state index in [-0.39, 0.29) is 24.3 Å². The maximum Gasteiger partial charge on any atom is 0.315 e. The van der Waals surface area contributed by atoms with E-state index in [0.29, 0.717) is 0 Å². The molecule has 0 bridgehead atoms. The maximum atomic E-state index is 13.2. The van der Waals surface area contributed by atoms with Crippen molar-refractivity contribution in [2.24, 2.45) is 0 Å². The van der Waals surface area contributed by atoms with Crippen molar-refractivity contribution in [2.75, 3.05) is 11.9 Å². The van der Waals surface area contributed by atoms with Crippen LogP contribution in [0.3, 0.4) is 0 Å². The highest BCUT2D eigenvalue weighted by Crippen LogP contribution is 2.18. The molecule has 0 heterocycles. The van der Waals surface area contributed by atoms with Gasteiger partial charge in [0.15, 0.2) is 0 Å². The average Bonchev–Trinajstić information content (AvgIpc) is 3.13. The van der Waals surface area contributed by atoms with Crippen molar-refractivity contribution in [3.8, 4) is 0 Å². The van der Waals surface area contributed by atoms with E-state index in [1.165, 1.54) is 18.2 Å². The predicted octanol–water partition coefficient (Wildman–Crippen LogP) is 1.23. The van der Waals surface area contributed by atoms with Crippen LogP contribution in [0, 0.1) is 5.82 Å². The second kappa shape index (κ2) is 5.48. The first-order valence-electron chi connectivity index (χ1n) is 5.74. The second-order valence-corrected chi connectivity index (χ2v) is 4.13. The van der Waals surface area contributed by atoms with Crippen LogP contribution in [0.15, 0.2) is 24.3 Å². The fourth-order valence-electron chi connectivity index (χ4n) is 1.38. The number of rotatable bonds is 4. The Bertz CT molecular complexity index is 460. The molecule has 3 amide bonds. The quantitative estimate of drug-likeness (QED) is 0.753. The van der Waals surface area contributed by atoms with E-state index in [9.17, 15) is 14.0 Å². The van der Waals surface area contributed by atoms with Gasteiger partial charge in [-0.15, -0.1) is 0 Å². The number of urea groups is 1. The van der Waals surface area contributed by atoms with E-state index in [0.717, 1.165) is 12.8 Å². The van der Waals surface area contributed by atoms with Crippen LogP contribution >= 0.6 is 0 Å². The van der Waals surface area contributed by atoms with Crippen molar-refractivity contribution in [2.45, 2.75) is 18.9 Å². The minimum absolute atomic E-state index is 0.104. The largest absolute Gasteiger partial charge is 0.335 e. The van der Waals surface area contributed by atoms with E-state index in [1.807, 2.05) is 0 Å². The third-order valence-electron chi connectivity index (χ3n) is 2.47. The van der Waals surface area contributed by atoms with Gasteiger partial charge in [-0.2, -0.15) is 0 Å². The molecule has 0 radical (unpaired) electrons. The van der Waals surface area contributed by atoms with Crippen LogP contribution in [-0.2, 0) is 4.79 Å². The van der Waals surface area contributed by atoms with E-state index in [4.69, 9.17) is 0 Å². The van der Waals surface area contributed by atoms with Gasteiger partial charge >= 0.3 is 6.03 Å². The molecule has 1 aromatic rings. The summed E-state index contributed by atoms with van der Waals surface area (Å²) in [5, 5.41) is 7.47. The average molecular weight is 251 g/mol. The fourth-order valence-corrected chi connectivity index (χ4v) is 1.38. The molecule has 0 unspecified atom stereocenters. The minimum atomic E-state index is -0.506. The number of anilines is 1. The van der Waals surface area contributed by atoms with Crippen molar-refractivity contribution in [3.63, 3.8) is 0 Å². The Hall–Kier alpha value is -2.11. The van der Waals surface area contributed by atoms with Crippen molar-refractivity contribution in [1.82, 2.24) is 10.6 Å². The first-order chi connectivity index (χ1) is 8.65. The highest BCUT2D eigenvalue weighted by Gasteiger charge is 2.23. The highest BCUT2D eigenvalue weighted by atomic mass is 19.1. The third kappa shape index (κ3) is 3.73. The molecule has 0 spiro atoms. The SMILES string of the molecule is O=C(CNC(=O)NC1CC1)Nc1ccccc1F. The molecule has 6 heteroatoms. The molecular weight excluding hydrogens is 237 g/mol. The summed E-state index contributed by atoms with van der Waals surface area (Å²) in [4.78, 5) is 22.7. The monoisotopic (exact) mass is 251 g/mol. The van der Waals surface area contributed by atoms with Crippen LogP contribution in [-0.4, -0.2) is 24.5 Å². The van der Waals surface area contributed by atoms with Gasteiger partial charge in [0.05, 0.1) is 12.2 Å². The zero-order valence-corrected chi connectivity index (χ0v) is 9.70. The third-order valence-corrected chi connectivity index (χ3v) is 2.47. The topological polar surface area (TPSA) is 70.2 Å². The van der Waals surface area contributed by atoms with Crippen LogP contribution in [0.25, 0.3) is 0 Å². The molecule has 1 aliphatic rings. The molecule has 0 saturated heterocycles. The summed E-state index contributed by atoms with van der Waals surface area (Å²) in [5.41, 5.74) is 0.104. The van der Waals surface area contributed by atoms with Gasteiger partial charge in [0.2, 0.25) is 5.91 Å². The Morgan fingerprint density at radius 1 is 1.28 bits per heavy atom. The highest BCUT2D eigenvalue weighted by molar-refractivity contribution is 5.94. The van der Waals surface area contributed by atoms with Gasteiger partial charge < -0.3 is 16.0 Å². The minimum Gasteiger partial charge on any atom is -0.335 e. The van der Waals surface area contributed by atoms with Gasteiger partial charge in [-0.25, -0.2) is 9.18 Å². The summed E-state index contributed by atoms with van der Waals surface area (Å²) in [6.07, 6.45) is 1.96. The Morgan fingerprint density at radius 2 is 2.00 bits per heavy atom. The predicted molar refractivity (Wildman–Crippen MR) is 64.6 cm³/mol. The molecule has 5 nitrogen and oxygen atoms in total. The molecule has 18 heavy (non-hydrogen) atoms. The first kappa shape index (κ1) is 12.3. The van der Waals surface area contributed by atoms with Crippen molar-refractivity contribution in [3.05, 3.63) is 30.1 Å². The van der Waals surface area contributed by atoms with Crippen molar-refractivity contribution >= 4 is 17.6 Å². The van der Waals surface area contributed by atoms with Gasteiger partial charge in [-0.3, -0.25) is 4.79 Å². The van der Waals surface area contributed by atoms with Crippen LogP contribution < -0.4 is 16.0 Å². The molecule has 0 aliphatic heterocycles. The van der Waals surface area contributed by atoms with Gasteiger partial charge in [-0.05, 0) is 25.0 Å². The van der Waals surface area contributed by atoms with Crippen LogP contribution in [0.1, 0.15) is 12.8 Å². The lowest BCUT2D eigenvalue weighted by Crippen LogP contribution is -2.40. The molecule has 1 fully saturated rings. The van der Waals surface area contributed by atoms with E-state index in [1.54, 1.807) is 6.07 Å². The smallest absolute Gasteiger partial charge is 0.315 e. The number of carbonyl (C=O) groups excluding carboxylic acids is 2. The van der Waals surface area contributed by atoms with Crippen LogP contribution in [0.5, 0.6) is 0 Å². The summed E-state index contributed by atoms with van der Waals surface area (Å²) in [5.74, 6) is -0.973. The number of para-hydroxylation sites is 1. The van der Waals surface area contributed by atoms with Crippen LogP contribution in [0.4, 0.5) is 14.9 Å². The maximum absolute atomic E-state index is 13.2. The summed E-state index contributed by atoms with van der Waals surface area (Å²) in [6, 6.07) is 5.72. The van der Waals surface area contributed by atoms with E-state index in [2.05, 4.69) is 16.0 Å².